The van der Waals surface area contributed by atoms with Crippen molar-refractivity contribution in [3.8, 4) is 28.3 Å². The van der Waals surface area contributed by atoms with Gasteiger partial charge in [-0.15, -0.1) is 0 Å². The van der Waals surface area contributed by atoms with Crippen LogP contribution in [-0.2, 0) is 6.54 Å². The van der Waals surface area contributed by atoms with E-state index in [9.17, 15) is 0 Å². The molecule has 0 saturated heterocycles. The minimum atomic E-state index is 0.724. The first-order chi connectivity index (χ1) is 16.7. The Balaban J connectivity index is 1.44. The summed E-state index contributed by atoms with van der Waals surface area (Å²) in [6, 6.07) is 14.6. The number of rotatable bonds is 6. The zero-order valence-electron chi connectivity index (χ0n) is 19.0. The van der Waals surface area contributed by atoms with Crippen molar-refractivity contribution >= 4 is 21.9 Å². The van der Waals surface area contributed by atoms with E-state index >= 15 is 0 Å². The van der Waals surface area contributed by atoms with Crippen molar-refractivity contribution in [2.24, 2.45) is 0 Å². The largest absolute Gasteiger partial charge is 0.336 e. The molecule has 2 aromatic carbocycles. The summed E-state index contributed by atoms with van der Waals surface area (Å²) in [6.07, 6.45) is 7.61. The van der Waals surface area contributed by atoms with Crippen molar-refractivity contribution in [2.75, 3.05) is 6.54 Å². The highest BCUT2D eigenvalue weighted by Crippen LogP contribution is 2.31. The van der Waals surface area contributed by atoms with Crippen molar-refractivity contribution in [3.63, 3.8) is 0 Å². The van der Waals surface area contributed by atoms with Crippen LogP contribution in [0.5, 0.6) is 0 Å². The first kappa shape index (κ1) is 20.3. The van der Waals surface area contributed by atoms with Crippen LogP contribution >= 0.6 is 0 Å². The second kappa shape index (κ2) is 8.24. The molecule has 0 aliphatic heterocycles. The molecule has 0 aliphatic rings. The Kier molecular flexibility index (Phi) is 4.92. The highest BCUT2D eigenvalue weighted by molar-refractivity contribution is 5.96. The normalized spacial score (nSPS) is 11.6. The van der Waals surface area contributed by atoms with Gasteiger partial charge in [0.05, 0.1) is 28.7 Å². The molecular formula is C26H24N8. The summed E-state index contributed by atoms with van der Waals surface area (Å²) in [5, 5.41) is 12.1. The standard InChI is InChI=1S/C26H24N8/c1-3-27-11-17-9-19(13-28-12-17)18-7-8-21-20(10-18)24(33-32-21)26-30-22-5-4-6-23(25(22)31-26)34-14-16(2)29-15-34/h4-10,12-15,27H,3,11H2,1-2H3,(H,30,31)(H,32,33). The molecule has 0 amide bonds. The van der Waals surface area contributed by atoms with Gasteiger partial charge in [0.1, 0.15) is 11.2 Å². The monoisotopic (exact) mass is 448 g/mol. The first-order valence-electron chi connectivity index (χ1n) is 11.3. The third-order valence-corrected chi connectivity index (χ3v) is 5.98. The maximum atomic E-state index is 4.93. The molecule has 6 rings (SSSR count). The van der Waals surface area contributed by atoms with Gasteiger partial charge in [-0.2, -0.15) is 5.10 Å². The molecule has 0 radical (unpaired) electrons. The molecular weight excluding hydrogens is 424 g/mol. The van der Waals surface area contributed by atoms with Crippen molar-refractivity contribution in [3.05, 3.63) is 78.6 Å². The third kappa shape index (κ3) is 3.54. The summed E-state index contributed by atoms with van der Waals surface area (Å²) in [7, 11) is 0. The number of hydrogen-bond acceptors (Lipinski definition) is 5. The van der Waals surface area contributed by atoms with Gasteiger partial charge in [0.15, 0.2) is 5.82 Å². The van der Waals surface area contributed by atoms with Crippen LogP contribution in [-0.4, -0.2) is 41.2 Å². The number of imidazole rings is 2. The fourth-order valence-electron chi connectivity index (χ4n) is 4.28. The molecule has 8 nitrogen and oxygen atoms in total. The lowest BCUT2D eigenvalue weighted by atomic mass is 10.0. The van der Waals surface area contributed by atoms with E-state index in [1.165, 1.54) is 0 Å². The predicted molar refractivity (Wildman–Crippen MR) is 134 cm³/mol. The first-order valence-corrected chi connectivity index (χ1v) is 11.3. The van der Waals surface area contributed by atoms with Crippen LogP contribution in [0.4, 0.5) is 0 Å². The summed E-state index contributed by atoms with van der Waals surface area (Å²) in [5.41, 5.74) is 8.84. The Morgan fingerprint density at radius 1 is 1.03 bits per heavy atom. The SMILES string of the molecule is CCNCc1cncc(-c2ccc3[nH]nc(-c4nc5c(-n6cnc(C)c6)cccc5[nH]4)c3c2)c1. The van der Waals surface area contributed by atoms with E-state index in [0.29, 0.717) is 0 Å². The van der Waals surface area contributed by atoms with Crippen LogP contribution in [0, 0.1) is 6.92 Å². The van der Waals surface area contributed by atoms with Crippen LogP contribution in [0.3, 0.4) is 0 Å². The van der Waals surface area contributed by atoms with Crippen LogP contribution in [0.25, 0.3) is 50.3 Å². The van der Waals surface area contributed by atoms with Crippen LogP contribution in [0.15, 0.2) is 67.4 Å². The zero-order chi connectivity index (χ0) is 23.1. The lowest BCUT2D eigenvalue weighted by molar-refractivity contribution is 0.724. The Bertz CT molecular complexity index is 1620. The maximum absolute atomic E-state index is 4.93. The molecule has 168 valence electrons. The Hall–Kier alpha value is -4.30. The number of nitrogens with zero attached hydrogens (tertiary/aromatic N) is 5. The molecule has 4 heterocycles. The van der Waals surface area contributed by atoms with Gasteiger partial charge in [0.2, 0.25) is 0 Å². The fourth-order valence-corrected chi connectivity index (χ4v) is 4.28. The van der Waals surface area contributed by atoms with E-state index in [2.05, 4.69) is 61.7 Å². The molecule has 6 aromatic rings. The Labute approximate surface area is 196 Å². The van der Waals surface area contributed by atoms with E-state index in [1.807, 2.05) is 54.6 Å². The molecule has 8 heteroatoms. The number of para-hydroxylation sites is 1. The molecule has 0 spiro atoms. The van der Waals surface area contributed by atoms with Crippen LogP contribution < -0.4 is 5.32 Å². The average molecular weight is 449 g/mol. The smallest absolute Gasteiger partial charge is 0.159 e. The summed E-state index contributed by atoms with van der Waals surface area (Å²) in [6.45, 7) is 5.80. The van der Waals surface area contributed by atoms with Gasteiger partial charge in [-0.3, -0.25) is 10.1 Å². The van der Waals surface area contributed by atoms with Crippen molar-refractivity contribution in [1.82, 2.24) is 40.0 Å². The predicted octanol–water partition coefficient (Wildman–Crippen LogP) is 4.77. The molecule has 0 aliphatic carbocycles. The number of aryl methyl sites for hydroxylation is 1. The van der Waals surface area contributed by atoms with Crippen LogP contribution in [0.1, 0.15) is 18.2 Å². The minimum absolute atomic E-state index is 0.724. The molecule has 3 N–H and O–H groups in total. The Morgan fingerprint density at radius 2 is 1.97 bits per heavy atom. The molecule has 0 fully saturated rings. The van der Waals surface area contributed by atoms with Gasteiger partial charge in [-0.25, -0.2) is 9.97 Å². The van der Waals surface area contributed by atoms with Crippen molar-refractivity contribution < 1.29 is 0 Å². The fraction of sp³-hybridized carbons (Fsp3) is 0.154. The van der Waals surface area contributed by atoms with Crippen LogP contribution in [0.2, 0.25) is 0 Å². The van der Waals surface area contributed by atoms with E-state index in [1.54, 1.807) is 0 Å². The number of pyridine rings is 1. The number of hydrogen-bond donors (Lipinski definition) is 3. The van der Waals surface area contributed by atoms with Gasteiger partial charge < -0.3 is 14.9 Å². The molecule has 4 aromatic heterocycles. The molecule has 0 bridgehead atoms. The zero-order valence-corrected chi connectivity index (χ0v) is 19.0. The van der Waals surface area contributed by atoms with E-state index in [-0.39, 0.29) is 0 Å². The summed E-state index contributed by atoms with van der Waals surface area (Å²) in [4.78, 5) is 17.2. The lowest BCUT2D eigenvalue weighted by Crippen LogP contribution is -2.11. The Morgan fingerprint density at radius 3 is 2.82 bits per heavy atom. The quantitative estimate of drug-likeness (QED) is 0.341. The van der Waals surface area contributed by atoms with E-state index < -0.39 is 0 Å². The van der Waals surface area contributed by atoms with Crippen molar-refractivity contribution in [2.45, 2.75) is 20.4 Å². The lowest BCUT2D eigenvalue weighted by Gasteiger charge is -2.06. The number of aromatic nitrogens is 7. The van der Waals surface area contributed by atoms with Crippen molar-refractivity contribution in [1.29, 1.82) is 0 Å². The maximum Gasteiger partial charge on any atom is 0.159 e. The topological polar surface area (TPSA) is 100 Å². The number of nitrogens with one attached hydrogen (secondary N) is 3. The van der Waals surface area contributed by atoms with Gasteiger partial charge in [-0.05, 0) is 54.9 Å². The van der Waals surface area contributed by atoms with Gasteiger partial charge in [0.25, 0.3) is 0 Å². The molecule has 0 saturated carbocycles. The summed E-state index contributed by atoms with van der Waals surface area (Å²) < 4.78 is 2.00. The molecule has 0 unspecified atom stereocenters. The van der Waals surface area contributed by atoms with E-state index in [4.69, 9.17) is 4.98 Å². The molecule has 0 atom stereocenters. The summed E-state index contributed by atoms with van der Waals surface area (Å²) >= 11 is 0. The highest BCUT2D eigenvalue weighted by atomic mass is 15.1. The number of fused-ring (bicyclic) bond motifs is 2. The minimum Gasteiger partial charge on any atom is -0.336 e. The van der Waals surface area contributed by atoms with Gasteiger partial charge in [-0.1, -0.05) is 19.1 Å². The molecule has 34 heavy (non-hydrogen) atoms. The summed E-state index contributed by atoms with van der Waals surface area (Å²) in [5.74, 6) is 0.724. The number of benzene rings is 2. The van der Waals surface area contributed by atoms with Gasteiger partial charge in [0, 0.05) is 36.1 Å². The highest BCUT2D eigenvalue weighted by Gasteiger charge is 2.16. The third-order valence-electron chi connectivity index (χ3n) is 5.98. The number of aromatic amines is 2. The average Bonchev–Trinajstić information content (AvgIpc) is 3.59. The second-order valence-electron chi connectivity index (χ2n) is 8.38. The second-order valence-corrected chi connectivity index (χ2v) is 8.38. The van der Waals surface area contributed by atoms with E-state index in [0.717, 1.165) is 74.6 Å². The number of H-pyrrole nitrogens is 2. The van der Waals surface area contributed by atoms with Gasteiger partial charge >= 0.3 is 0 Å².